The van der Waals surface area contributed by atoms with Crippen LogP contribution in [0, 0.1) is 36.0 Å². The van der Waals surface area contributed by atoms with Gasteiger partial charge in [0.25, 0.3) is 0 Å². The second-order valence-corrected chi connectivity index (χ2v) is 9.07. The van der Waals surface area contributed by atoms with Crippen molar-refractivity contribution in [2.24, 2.45) is 0 Å². The zero-order valence-electron chi connectivity index (χ0n) is 18.1. The van der Waals surface area contributed by atoms with E-state index < -0.39 is 59.7 Å². The van der Waals surface area contributed by atoms with Crippen molar-refractivity contribution < 1.29 is 41.0 Å². The maximum Gasteiger partial charge on any atom is 0.430 e. The summed E-state index contributed by atoms with van der Waals surface area (Å²) in [5, 5.41) is 0. The minimum Gasteiger partial charge on any atom is -0.375 e. The molecule has 1 atom stereocenters. The highest BCUT2D eigenvalue weighted by atomic mass is 31.2. The van der Waals surface area contributed by atoms with Gasteiger partial charge in [0.1, 0.15) is 0 Å². The Morgan fingerprint density at radius 3 is 2.00 bits per heavy atom. The van der Waals surface area contributed by atoms with Gasteiger partial charge >= 0.3 is 7.75 Å². The van der Waals surface area contributed by atoms with Crippen LogP contribution in [-0.4, -0.2) is 22.4 Å². The van der Waals surface area contributed by atoms with Crippen LogP contribution in [0.25, 0.3) is 11.1 Å². The molecule has 5 nitrogen and oxygen atoms in total. The summed E-state index contributed by atoms with van der Waals surface area (Å²) in [6.07, 6.45) is 0. The molecule has 0 unspecified atom stereocenters. The number of rotatable bonds is 8. The summed E-state index contributed by atoms with van der Waals surface area (Å²) in [7, 11) is -5.14. The lowest BCUT2D eigenvalue weighted by atomic mass is 10.0. The number of nitrogens with zero attached hydrogens (tertiary/aromatic N) is 1. The lowest BCUT2D eigenvalue weighted by molar-refractivity contribution is 0.110. The molecule has 11 heteroatoms. The van der Waals surface area contributed by atoms with Gasteiger partial charge in [-0.1, -0.05) is 42.5 Å². The summed E-state index contributed by atoms with van der Waals surface area (Å²) in [5.74, 6) is -10.9. The van der Waals surface area contributed by atoms with Crippen molar-refractivity contribution in [3.05, 3.63) is 88.7 Å². The number of aryl methyl sites for hydroxylation is 1. The predicted molar refractivity (Wildman–Crippen MR) is 116 cm³/mol. The van der Waals surface area contributed by atoms with Gasteiger partial charge in [-0.3, -0.25) is 4.67 Å². The molecular weight excluding hydrogens is 480 g/mol. The molecule has 0 aliphatic heterocycles. The highest BCUT2D eigenvalue weighted by molar-refractivity contribution is 7.53. The highest BCUT2D eigenvalue weighted by Gasteiger charge is 2.35. The van der Waals surface area contributed by atoms with Crippen LogP contribution >= 0.6 is 7.75 Å². The first-order valence-electron chi connectivity index (χ1n) is 10.0. The third kappa shape index (κ3) is 5.15. The van der Waals surface area contributed by atoms with Crippen molar-refractivity contribution in [3.63, 3.8) is 0 Å². The number of para-hydroxylation sites is 1. The Hall–Kier alpha value is -2.78. The molecule has 2 N–H and O–H groups in total. The minimum absolute atomic E-state index is 0.130. The first-order chi connectivity index (χ1) is 15.9. The second kappa shape index (κ2) is 10.2. The molecule has 0 saturated carbocycles. The fourth-order valence-electron chi connectivity index (χ4n) is 3.54. The van der Waals surface area contributed by atoms with Crippen molar-refractivity contribution in [1.82, 2.24) is 0 Å². The molecule has 182 valence electrons. The van der Waals surface area contributed by atoms with Crippen LogP contribution in [0.2, 0.25) is 0 Å². The molecular formula is C23H21F5NO4P. The van der Waals surface area contributed by atoms with Crippen molar-refractivity contribution >= 4 is 13.4 Å². The van der Waals surface area contributed by atoms with Crippen molar-refractivity contribution in [2.45, 2.75) is 26.5 Å². The predicted octanol–water partition coefficient (Wildman–Crippen LogP) is 5.86. The van der Waals surface area contributed by atoms with E-state index in [1.54, 1.807) is 6.07 Å². The number of halogens is 5. The van der Waals surface area contributed by atoms with E-state index in [0.717, 1.165) is 23.3 Å². The summed E-state index contributed by atoms with van der Waals surface area (Å²) in [6, 6.07) is 11.0. The van der Waals surface area contributed by atoms with Crippen molar-refractivity contribution in [1.29, 1.82) is 0 Å². The lowest BCUT2D eigenvalue weighted by Gasteiger charge is -2.33. The van der Waals surface area contributed by atoms with E-state index in [0.29, 0.717) is 4.67 Å². The van der Waals surface area contributed by atoms with E-state index in [2.05, 4.69) is 0 Å². The van der Waals surface area contributed by atoms with E-state index >= 15 is 0 Å². The van der Waals surface area contributed by atoms with Gasteiger partial charge in [0.15, 0.2) is 23.3 Å². The topological polar surface area (TPSA) is 70.0 Å². The highest BCUT2D eigenvalue weighted by Crippen LogP contribution is 2.49. The van der Waals surface area contributed by atoms with Crippen LogP contribution in [0.4, 0.5) is 27.6 Å². The monoisotopic (exact) mass is 501 g/mol. The summed E-state index contributed by atoms with van der Waals surface area (Å²) in [4.78, 5) is 20.0. The molecule has 3 rings (SSSR count). The van der Waals surface area contributed by atoms with Gasteiger partial charge < -0.3 is 14.5 Å². The largest absolute Gasteiger partial charge is 0.430 e. The fraction of sp³-hybridized carbons (Fsp3) is 0.217. The van der Waals surface area contributed by atoms with Gasteiger partial charge in [-0.25, -0.2) is 26.5 Å². The standard InChI is InChI=1S/C23H21F5NO4P/c1-13-7-3-4-8-15(13)12-33-11-14(2)29(34(30,31)32)17-10-6-5-9-16(17)18-19(24)21(26)23(28)22(27)20(18)25/h3-10,14H,11-12H2,1-2H3,(H2,30,31,32)/t14-/m1/s1. The lowest BCUT2D eigenvalue weighted by Crippen LogP contribution is -2.34. The van der Waals surface area contributed by atoms with Crippen LogP contribution in [0.3, 0.4) is 0 Å². The van der Waals surface area contributed by atoms with Crippen LogP contribution in [0.5, 0.6) is 0 Å². The minimum atomic E-state index is -5.14. The number of benzene rings is 3. The van der Waals surface area contributed by atoms with Gasteiger partial charge in [0, 0.05) is 5.56 Å². The second-order valence-electron chi connectivity index (χ2n) is 7.61. The zero-order chi connectivity index (χ0) is 25.2. The third-order valence-corrected chi connectivity index (χ3v) is 6.38. The van der Waals surface area contributed by atoms with Crippen molar-refractivity contribution in [2.75, 3.05) is 11.3 Å². The van der Waals surface area contributed by atoms with Crippen LogP contribution in [0.1, 0.15) is 18.1 Å². The molecule has 0 fully saturated rings. The zero-order valence-corrected chi connectivity index (χ0v) is 19.0. The Morgan fingerprint density at radius 2 is 1.41 bits per heavy atom. The molecule has 0 bridgehead atoms. The molecule has 0 amide bonds. The Balaban J connectivity index is 2.02. The van der Waals surface area contributed by atoms with E-state index in [4.69, 9.17) is 4.74 Å². The maximum absolute atomic E-state index is 14.5. The average Bonchev–Trinajstić information content (AvgIpc) is 2.78. The Bertz CT molecular complexity index is 1220. The Morgan fingerprint density at radius 1 is 0.882 bits per heavy atom. The van der Waals surface area contributed by atoms with Crippen molar-refractivity contribution in [3.8, 4) is 11.1 Å². The summed E-state index contributed by atoms with van der Waals surface area (Å²) in [6.45, 7) is 3.17. The van der Waals surface area contributed by atoms with Crippen LogP contribution < -0.4 is 4.67 Å². The maximum atomic E-state index is 14.5. The molecule has 0 radical (unpaired) electrons. The SMILES string of the molecule is Cc1ccccc1COC[C@@H](C)N(c1ccccc1-c1c(F)c(F)c(F)c(F)c1F)P(=O)(O)O. The fourth-order valence-corrected chi connectivity index (χ4v) is 4.58. The molecule has 0 aliphatic rings. The van der Waals surface area contributed by atoms with E-state index in [9.17, 15) is 36.3 Å². The molecule has 0 spiro atoms. The quantitative estimate of drug-likeness (QED) is 0.175. The first-order valence-corrected chi connectivity index (χ1v) is 11.6. The van der Waals surface area contributed by atoms with Gasteiger partial charge in [-0.05, 0) is 31.0 Å². The Kier molecular flexibility index (Phi) is 7.77. The molecule has 0 heterocycles. The van der Waals surface area contributed by atoms with E-state index in [1.807, 2.05) is 25.1 Å². The summed E-state index contributed by atoms with van der Waals surface area (Å²) in [5.41, 5.74) is -0.508. The Labute approximate surface area is 192 Å². The normalized spacial score (nSPS) is 12.6. The van der Waals surface area contributed by atoms with Crippen LogP contribution in [-0.2, 0) is 15.9 Å². The van der Waals surface area contributed by atoms with Gasteiger partial charge in [0.05, 0.1) is 30.5 Å². The molecule has 0 aliphatic carbocycles. The van der Waals surface area contributed by atoms with Gasteiger partial charge in [0.2, 0.25) is 5.82 Å². The molecule has 3 aromatic rings. The smallest absolute Gasteiger partial charge is 0.375 e. The van der Waals surface area contributed by atoms with E-state index in [1.165, 1.54) is 19.1 Å². The molecule has 0 saturated heterocycles. The third-order valence-electron chi connectivity index (χ3n) is 5.21. The number of hydrogen-bond acceptors (Lipinski definition) is 2. The van der Waals surface area contributed by atoms with Gasteiger partial charge in [-0.2, -0.15) is 0 Å². The van der Waals surface area contributed by atoms with Crippen LogP contribution in [0.15, 0.2) is 48.5 Å². The number of anilines is 1. The molecule has 34 heavy (non-hydrogen) atoms. The van der Waals surface area contributed by atoms with E-state index in [-0.39, 0.29) is 13.2 Å². The van der Waals surface area contributed by atoms with Gasteiger partial charge in [-0.15, -0.1) is 0 Å². The summed E-state index contributed by atoms with van der Waals surface area (Å²) >= 11 is 0. The number of hydrogen-bond donors (Lipinski definition) is 2. The first kappa shape index (κ1) is 25.8. The average molecular weight is 501 g/mol. The summed E-state index contributed by atoms with van der Waals surface area (Å²) < 4.78 is 88.7. The molecule has 3 aromatic carbocycles. The number of ether oxygens (including phenoxy) is 1. The molecule has 0 aromatic heterocycles.